The highest BCUT2D eigenvalue weighted by Crippen LogP contribution is 2.62. The average Bonchev–Trinajstić information content (AvgIpc) is 2.91. The lowest BCUT2D eigenvalue weighted by Gasteiger charge is -2.28. The van der Waals surface area contributed by atoms with E-state index in [0.717, 1.165) is 19.3 Å². The molecule has 2 saturated carbocycles. The molecule has 3 nitrogen and oxygen atoms in total. The third kappa shape index (κ3) is 1.10. The van der Waals surface area contributed by atoms with E-state index in [2.05, 4.69) is 0 Å². The number of hydrogen-bond acceptors (Lipinski definition) is 3. The van der Waals surface area contributed by atoms with Crippen molar-refractivity contribution < 1.29 is 14.3 Å². The van der Waals surface area contributed by atoms with Crippen LogP contribution in [0.3, 0.4) is 0 Å². The molecule has 74 valence electrons. The van der Waals surface area contributed by atoms with Crippen molar-refractivity contribution in [2.24, 2.45) is 11.3 Å². The maximum Gasteiger partial charge on any atom is 0.314 e. The monoisotopic (exact) mass is 184 g/mol. The van der Waals surface area contributed by atoms with Crippen molar-refractivity contribution >= 4 is 5.97 Å². The summed E-state index contributed by atoms with van der Waals surface area (Å²) in [6.07, 6.45) is 4.41. The fourth-order valence-corrected chi connectivity index (χ4v) is 2.81. The standard InChI is InChI=1S/C10H16O3/c1-12-8-5-3-4-7-6-10(7,8)9(11)13-2/h7-8H,3-6H2,1-2H3/t7-,8-,10-/m0/s1. The molecular weight excluding hydrogens is 168 g/mol. The molecule has 13 heavy (non-hydrogen) atoms. The molecule has 0 amide bonds. The molecule has 0 spiro atoms. The van der Waals surface area contributed by atoms with E-state index in [1.807, 2.05) is 0 Å². The second-order valence-electron chi connectivity index (χ2n) is 4.09. The lowest BCUT2D eigenvalue weighted by Crippen LogP contribution is -2.36. The van der Waals surface area contributed by atoms with Gasteiger partial charge in [0, 0.05) is 7.11 Å². The van der Waals surface area contributed by atoms with Crippen molar-refractivity contribution in [3.8, 4) is 0 Å². The van der Waals surface area contributed by atoms with Gasteiger partial charge in [-0.15, -0.1) is 0 Å². The van der Waals surface area contributed by atoms with Gasteiger partial charge in [0.15, 0.2) is 0 Å². The fourth-order valence-electron chi connectivity index (χ4n) is 2.81. The van der Waals surface area contributed by atoms with Gasteiger partial charge in [-0.05, 0) is 25.2 Å². The van der Waals surface area contributed by atoms with E-state index >= 15 is 0 Å². The molecule has 2 fully saturated rings. The van der Waals surface area contributed by atoms with Gasteiger partial charge < -0.3 is 9.47 Å². The molecule has 2 aliphatic carbocycles. The molecule has 0 heterocycles. The van der Waals surface area contributed by atoms with Crippen LogP contribution in [0.25, 0.3) is 0 Å². The molecule has 0 bridgehead atoms. The van der Waals surface area contributed by atoms with E-state index in [-0.39, 0.29) is 17.5 Å². The van der Waals surface area contributed by atoms with Gasteiger partial charge in [-0.3, -0.25) is 4.79 Å². The number of carbonyl (C=O) groups excluding carboxylic acids is 1. The molecule has 0 aromatic carbocycles. The number of rotatable bonds is 2. The van der Waals surface area contributed by atoms with Crippen molar-refractivity contribution in [3.05, 3.63) is 0 Å². The Bertz CT molecular complexity index is 226. The molecule has 0 unspecified atom stereocenters. The highest BCUT2D eigenvalue weighted by molar-refractivity contribution is 5.81. The van der Waals surface area contributed by atoms with Crippen LogP contribution in [0.1, 0.15) is 25.7 Å². The Balaban J connectivity index is 2.16. The zero-order valence-corrected chi connectivity index (χ0v) is 8.21. The van der Waals surface area contributed by atoms with Gasteiger partial charge in [0.05, 0.1) is 18.6 Å². The number of fused-ring (bicyclic) bond motifs is 1. The molecule has 0 aromatic rings. The molecule has 0 radical (unpaired) electrons. The maximum absolute atomic E-state index is 11.6. The minimum Gasteiger partial charge on any atom is -0.469 e. The largest absolute Gasteiger partial charge is 0.469 e. The summed E-state index contributed by atoms with van der Waals surface area (Å²) in [5, 5.41) is 0. The Labute approximate surface area is 78.4 Å². The van der Waals surface area contributed by atoms with Crippen LogP contribution < -0.4 is 0 Å². The lowest BCUT2D eigenvalue weighted by atomic mass is 9.85. The Kier molecular flexibility index (Phi) is 2.06. The summed E-state index contributed by atoms with van der Waals surface area (Å²) >= 11 is 0. The zero-order chi connectivity index (χ0) is 9.47. The summed E-state index contributed by atoms with van der Waals surface area (Å²) in [6.45, 7) is 0. The first-order valence-corrected chi connectivity index (χ1v) is 4.87. The smallest absolute Gasteiger partial charge is 0.314 e. The van der Waals surface area contributed by atoms with Crippen LogP contribution in [-0.4, -0.2) is 26.3 Å². The van der Waals surface area contributed by atoms with Gasteiger partial charge in [-0.25, -0.2) is 0 Å². The van der Waals surface area contributed by atoms with E-state index in [1.54, 1.807) is 7.11 Å². The number of methoxy groups -OCH3 is 2. The van der Waals surface area contributed by atoms with Crippen LogP contribution in [0.2, 0.25) is 0 Å². The van der Waals surface area contributed by atoms with Crippen molar-refractivity contribution in [1.29, 1.82) is 0 Å². The highest BCUT2D eigenvalue weighted by atomic mass is 16.5. The normalized spacial score (nSPS) is 42.3. The molecular formula is C10H16O3. The van der Waals surface area contributed by atoms with Crippen LogP contribution >= 0.6 is 0 Å². The third-order valence-electron chi connectivity index (χ3n) is 3.60. The molecule has 0 saturated heterocycles. The van der Waals surface area contributed by atoms with E-state index in [1.165, 1.54) is 13.5 Å². The van der Waals surface area contributed by atoms with Gasteiger partial charge in [0.25, 0.3) is 0 Å². The van der Waals surface area contributed by atoms with Crippen molar-refractivity contribution in [2.75, 3.05) is 14.2 Å². The SMILES string of the molecule is COC(=O)[C@@]12C[C@@H]1CCC[C@@H]2OC. The minimum absolute atomic E-state index is 0.0657. The quantitative estimate of drug-likeness (QED) is 0.608. The summed E-state index contributed by atoms with van der Waals surface area (Å²) < 4.78 is 10.2. The first-order valence-electron chi connectivity index (χ1n) is 4.87. The molecule has 0 aliphatic heterocycles. The summed E-state index contributed by atoms with van der Waals surface area (Å²) in [5.74, 6) is 0.461. The van der Waals surface area contributed by atoms with Crippen molar-refractivity contribution in [1.82, 2.24) is 0 Å². The van der Waals surface area contributed by atoms with Crippen LogP contribution in [0.15, 0.2) is 0 Å². The fraction of sp³-hybridized carbons (Fsp3) is 0.900. The van der Waals surface area contributed by atoms with Crippen LogP contribution in [0.5, 0.6) is 0 Å². The van der Waals surface area contributed by atoms with Gasteiger partial charge in [0.1, 0.15) is 0 Å². The minimum atomic E-state index is -0.262. The Morgan fingerprint density at radius 2 is 2.15 bits per heavy atom. The second-order valence-corrected chi connectivity index (χ2v) is 4.09. The number of esters is 1. The van der Waals surface area contributed by atoms with E-state index < -0.39 is 0 Å². The molecule has 0 aromatic heterocycles. The Morgan fingerprint density at radius 1 is 1.38 bits per heavy atom. The van der Waals surface area contributed by atoms with Gasteiger partial charge in [-0.1, -0.05) is 6.42 Å². The average molecular weight is 184 g/mol. The molecule has 2 rings (SSSR count). The highest BCUT2D eigenvalue weighted by Gasteiger charge is 2.66. The van der Waals surface area contributed by atoms with E-state index in [0.29, 0.717) is 5.92 Å². The van der Waals surface area contributed by atoms with Crippen molar-refractivity contribution in [3.63, 3.8) is 0 Å². The lowest BCUT2D eigenvalue weighted by molar-refractivity contribution is -0.155. The number of carbonyl (C=O) groups is 1. The van der Waals surface area contributed by atoms with E-state index in [9.17, 15) is 4.79 Å². The predicted octanol–water partition coefficient (Wildman–Crippen LogP) is 1.36. The molecule has 0 N–H and O–H groups in total. The van der Waals surface area contributed by atoms with Gasteiger partial charge in [0.2, 0.25) is 0 Å². The Morgan fingerprint density at radius 3 is 2.77 bits per heavy atom. The third-order valence-corrected chi connectivity index (χ3v) is 3.60. The summed E-state index contributed by atoms with van der Waals surface area (Å²) in [4.78, 5) is 11.6. The predicted molar refractivity (Wildman–Crippen MR) is 47.2 cm³/mol. The topological polar surface area (TPSA) is 35.5 Å². The Hall–Kier alpha value is -0.570. The summed E-state index contributed by atoms with van der Waals surface area (Å²) in [6, 6.07) is 0. The number of hydrogen-bond donors (Lipinski definition) is 0. The maximum atomic E-state index is 11.6. The summed E-state index contributed by atoms with van der Waals surface area (Å²) in [7, 11) is 3.16. The van der Waals surface area contributed by atoms with Crippen LogP contribution in [0.4, 0.5) is 0 Å². The first kappa shape index (κ1) is 9.00. The zero-order valence-electron chi connectivity index (χ0n) is 8.21. The first-order chi connectivity index (χ1) is 6.25. The molecule has 3 heteroatoms. The molecule has 2 aliphatic rings. The van der Waals surface area contributed by atoms with Crippen LogP contribution in [-0.2, 0) is 14.3 Å². The second kappa shape index (κ2) is 2.98. The van der Waals surface area contributed by atoms with Crippen molar-refractivity contribution in [2.45, 2.75) is 31.8 Å². The summed E-state index contributed by atoms with van der Waals surface area (Å²) in [5.41, 5.74) is -0.262. The van der Waals surface area contributed by atoms with Gasteiger partial charge >= 0.3 is 5.97 Å². The van der Waals surface area contributed by atoms with E-state index in [4.69, 9.17) is 9.47 Å². The van der Waals surface area contributed by atoms with Crippen LogP contribution in [0, 0.1) is 11.3 Å². The molecule has 3 atom stereocenters. The number of ether oxygens (including phenoxy) is 2. The van der Waals surface area contributed by atoms with Gasteiger partial charge in [-0.2, -0.15) is 0 Å².